The monoisotopic (exact) mass is 222 g/mol. The Morgan fingerprint density at radius 2 is 1.62 bits per heavy atom. The number of aliphatic hydroxyl groups excluding tert-OH is 1. The summed E-state index contributed by atoms with van der Waals surface area (Å²) in [6.07, 6.45) is 7.07. The quantitative estimate of drug-likeness (QED) is 0.551. The predicted molar refractivity (Wildman–Crippen MR) is 74.5 cm³/mol. The predicted octanol–water partition coefficient (Wildman–Crippen LogP) is 4.42. The number of aliphatic hydroxyl groups is 1. The van der Waals surface area contributed by atoms with Gasteiger partial charge in [0.2, 0.25) is 0 Å². The molecule has 1 atom stereocenters. The lowest BCUT2D eigenvalue weighted by Crippen LogP contribution is -2.04. The van der Waals surface area contributed by atoms with Crippen LogP contribution in [0.5, 0.6) is 0 Å². The van der Waals surface area contributed by atoms with Crippen molar-refractivity contribution >= 4 is 0 Å². The molecular formula is C15H26O. The standard InChI is InChI=1S/C13H20O.C2H6/c1-6-10(3)8-11(4)9-13(14)12(5)7-2;1-2/h6-9,13-14H,1H2,2-5H3;1-2H3/b10-8-,11-9-,12-7?;. The first-order valence-electron chi connectivity index (χ1n) is 5.81. The Hall–Kier alpha value is -1.08. The van der Waals surface area contributed by atoms with Crippen molar-refractivity contribution in [2.45, 2.75) is 47.6 Å². The molecular weight excluding hydrogens is 196 g/mol. The molecule has 0 saturated carbocycles. The van der Waals surface area contributed by atoms with Crippen LogP contribution < -0.4 is 0 Å². The van der Waals surface area contributed by atoms with Gasteiger partial charge in [-0.25, -0.2) is 0 Å². The summed E-state index contributed by atoms with van der Waals surface area (Å²) in [5.74, 6) is 0. The maximum absolute atomic E-state index is 9.67. The maximum atomic E-state index is 9.67. The molecule has 0 saturated heterocycles. The van der Waals surface area contributed by atoms with Gasteiger partial charge >= 0.3 is 0 Å². The van der Waals surface area contributed by atoms with E-state index in [4.69, 9.17) is 0 Å². The van der Waals surface area contributed by atoms with Crippen molar-refractivity contribution in [3.63, 3.8) is 0 Å². The Morgan fingerprint density at radius 1 is 1.12 bits per heavy atom. The fraction of sp³-hybridized carbons (Fsp3) is 0.467. The average Bonchev–Trinajstić information content (AvgIpc) is 2.29. The highest BCUT2D eigenvalue weighted by atomic mass is 16.3. The van der Waals surface area contributed by atoms with Crippen molar-refractivity contribution in [2.24, 2.45) is 0 Å². The van der Waals surface area contributed by atoms with Crippen LogP contribution >= 0.6 is 0 Å². The molecule has 0 heterocycles. The van der Waals surface area contributed by atoms with Crippen molar-refractivity contribution in [1.29, 1.82) is 0 Å². The summed E-state index contributed by atoms with van der Waals surface area (Å²) >= 11 is 0. The highest BCUT2D eigenvalue weighted by Gasteiger charge is 2.00. The molecule has 1 heteroatoms. The zero-order valence-electron chi connectivity index (χ0n) is 11.5. The molecule has 0 radical (unpaired) electrons. The van der Waals surface area contributed by atoms with Gasteiger partial charge in [-0.15, -0.1) is 0 Å². The molecule has 0 aliphatic heterocycles. The topological polar surface area (TPSA) is 20.2 Å². The lowest BCUT2D eigenvalue weighted by atomic mass is 10.1. The Bertz CT molecular complexity index is 280. The Morgan fingerprint density at radius 3 is 2.00 bits per heavy atom. The van der Waals surface area contributed by atoms with Crippen LogP contribution in [0, 0.1) is 0 Å². The molecule has 0 spiro atoms. The lowest BCUT2D eigenvalue weighted by molar-refractivity contribution is 0.258. The van der Waals surface area contributed by atoms with E-state index in [0.29, 0.717) is 0 Å². The van der Waals surface area contributed by atoms with E-state index in [1.807, 2.05) is 59.8 Å². The van der Waals surface area contributed by atoms with Crippen LogP contribution in [0.15, 0.2) is 47.6 Å². The number of allylic oxidation sites excluding steroid dienone is 5. The Balaban J connectivity index is 0. The first-order chi connectivity index (χ1) is 7.51. The Kier molecular flexibility index (Phi) is 11.3. The molecule has 0 aromatic carbocycles. The molecule has 0 aromatic rings. The van der Waals surface area contributed by atoms with E-state index in [1.165, 1.54) is 0 Å². The zero-order valence-corrected chi connectivity index (χ0v) is 11.5. The second-order valence-corrected chi connectivity index (χ2v) is 3.48. The van der Waals surface area contributed by atoms with E-state index < -0.39 is 6.10 Å². The fourth-order valence-electron chi connectivity index (χ4n) is 1.02. The van der Waals surface area contributed by atoms with Gasteiger partial charge < -0.3 is 5.11 Å². The minimum Gasteiger partial charge on any atom is -0.385 e. The second kappa shape index (κ2) is 10.4. The Labute approximate surface area is 101 Å². The summed E-state index contributed by atoms with van der Waals surface area (Å²) in [6, 6.07) is 0. The molecule has 92 valence electrons. The molecule has 0 fully saturated rings. The van der Waals surface area contributed by atoms with Gasteiger partial charge in [0.05, 0.1) is 6.10 Å². The van der Waals surface area contributed by atoms with E-state index in [-0.39, 0.29) is 0 Å². The molecule has 0 rings (SSSR count). The van der Waals surface area contributed by atoms with Gasteiger partial charge in [-0.1, -0.05) is 49.8 Å². The van der Waals surface area contributed by atoms with Gasteiger partial charge in [0.25, 0.3) is 0 Å². The van der Waals surface area contributed by atoms with Crippen LogP contribution in [0.3, 0.4) is 0 Å². The fourth-order valence-corrected chi connectivity index (χ4v) is 1.02. The van der Waals surface area contributed by atoms with E-state index >= 15 is 0 Å². The number of hydrogen-bond donors (Lipinski definition) is 1. The second-order valence-electron chi connectivity index (χ2n) is 3.48. The van der Waals surface area contributed by atoms with Crippen molar-refractivity contribution in [3.8, 4) is 0 Å². The third-order valence-corrected chi connectivity index (χ3v) is 2.12. The molecule has 1 unspecified atom stereocenters. The van der Waals surface area contributed by atoms with E-state index in [0.717, 1.165) is 16.7 Å². The molecule has 16 heavy (non-hydrogen) atoms. The third-order valence-electron chi connectivity index (χ3n) is 2.12. The van der Waals surface area contributed by atoms with Gasteiger partial charge in [-0.05, 0) is 39.3 Å². The van der Waals surface area contributed by atoms with Gasteiger partial charge in [0.1, 0.15) is 0 Å². The minimum atomic E-state index is -0.478. The summed E-state index contributed by atoms with van der Waals surface area (Å²) in [7, 11) is 0. The van der Waals surface area contributed by atoms with Crippen molar-refractivity contribution in [2.75, 3.05) is 0 Å². The number of rotatable bonds is 4. The third kappa shape index (κ3) is 8.25. The summed E-state index contributed by atoms with van der Waals surface area (Å²) < 4.78 is 0. The maximum Gasteiger partial charge on any atom is 0.0934 e. The summed E-state index contributed by atoms with van der Waals surface area (Å²) in [4.78, 5) is 0. The minimum absolute atomic E-state index is 0.478. The molecule has 0 bridgehead atoms. The SMILES string of the molecule is C=C/C(C)=C\C(C)=C/C(O)C(C)=CC.CC. The van der Waals surface area contributed by atoms with Crippen LogP contribution in [0.1, 0.15) is 41.5 Å². The molecule has 0 amide bonds. The van der Waals surface area contributed by atoms with Gasteiger partial charge in [0.15, 0.2) is 0 Å². The zero-order chi connectivity index (χ0) is 13.1. The van der Waals surface area contributed by atoms with Gasteiger partial charge in [0, 0.05) is 0 Å². The number of hydrogen-bond acceptors (Lipinski definition) is 1. The highest BCUT2D eigenvalue weighted by Crippen LogP contribution is 2.08. The molecule has 0 aliphatic rings. The van der Waals surface area contributed by atoms with Crippen molar-refractivity contribution < 1.29 is 5.11 Å². The van der Waals surface area contributed by atoms with Gasteiger partial charge in [-0.3, -0.25) is 0 Å². The summed E-state index contributed by atoms with van der Waals surface area (Å²) in [6.45, 7) is 15.5. The van der Waals surface area contributed by atoms with E-state index in [9.17, 15) is 5.11 Å². The molecule has 1 nitrogen and oxygen atoms in total. The van der Waals surface area contributed by atoms with Crippen LogP contribution in [-0.4, -0.2) is 11.2 Å². The summed E-state index contributed by atoms with van der Waals surface area (Å²) in [5, 5.41) is 9.67. The first kappa shape index (κ1) is 17.3. The van der Waals surface area contributed by atoms with Crippen LogP contribution in [0.4, 0.5) is 0 Å². The average molecular weight is 222 g/mol. The molecule has 1 N–H and O–H groups in total. The smallest absolute Gasteiger partial charge is 0.0934 e. The van der Waals surface area contributed by atoms with Crippen LogP contribution in [0.25, 0.3) is 0 Å². The first-order valence-corrected chi connectivity index (χ1v) is 5.81. The highest BCUT2D eigenvalue weighted by molar-refractivity contribution is 5.29. The molecule has 0 aliphatic carbocycles. The largest absolute Gasteiger partial charge is 0.385 e. The van der Waals surface area contributed by atoms with E-state index in [2.05, 4.69) is 6.58 Å². The van der Waals surface area contributed by atoms with Crippen LogP contribution in [0.2, 0.25) is 0 Å². The molecule has 0 aromatic heterocycles. The summed E-state index contributed by atoms with van der Waals surface area (Å²) in [5.41, 5.74) is 3.12. The van der Waals surface area contributed by atoms with Crippen molar-refractivity contribution in [1.82, 2.24) is 0 Å². The lowest BCUT2D eigenvalue weighted by Gasteiger charge is -2.06. The van der Waals surface area contributed by atoms with Gasteiger partial charge in [-0.2, -0.15) is 0 Å². The van der Waals surface area contributed by atoms with Crippen LogP contribution in [-0.2, 0) is 0 Å². The normalized spacial score (nSPS) is 15.1. The van der Waals surface area contributed by atoms with E-state index in [1.54, 1.807) is 6.08 Å². The van der Waals surface area contributed by atoms with Crippen molar-refractivity contribution in [3.05, 3.63) is 47.6 Å².